The first-order valence-corrected chi connectivity index (χ1v) is 6.60. The molecule has 104 valence electrons. The number of rotatable bonds is 3. The molecule has 0 bridgehead atoms. The number of hydrogen-bond donors (Lipinski definition) is 3. The topological polar surface area (TPSA) is 87.1 Å². The van der Waals surface area contributed by atoms with Gasteiger partial charge in [0.05, 0.1) is 12.1 Å². The monoisotopic (exact) mass is 264 g/mol. The summed E-state index contributed by atoms with van der Waals surface area (Å²) in [6.07, 6.45) is 1.76. The lowest BCUT2D eigenvalue weighted by Crippen LogP contribution is -2.52. The summed E-state index contributed by atoms with van der Waals surface area (Å²) in [5.41, 5.74) is 0.351. The van der Waals surface area contributed by atoms with Gasteiger partial charge in [-0.1, -0.05) is 13.8 Å². The van der Waals surface area contributed by atoms with Crippen molar-refractivity contribution in [2.45, 2.75) is 38.3 Å². The van der Waals surface area contributed by atoms with Crippen LogP contribution in [0.1, 0.15) is 42.5 Å². The van der Waals surface area contributed by atoms with Crippen molar-refractivity contribution in [2.75, 3.05) is 13.1 Å². The molecule has 0 aliphatic carbocycles. The summed E-state index contributed by atoms with van der Waals surface area (Å²) in [7, 11) is 0. The van der Waals surface area contributed by atoms with E-state index in [2.05, 4.69) is 20.6 Å². The van der Waals surface area contributed by atoms with Crippen LogP contribution in [0.4, 0.5) is 0 Å². The summed E-state index contributed by atoms with van der Waals surface area (Å²) >= 11 is 0. The highest BCUT2D eigenvalue weighted by atomic mass is 16.3. The first-order valence-electron chi connectivity index (χ1n) is 6.60. The highest BCUT2D eigenvalue weighted by Crippen LogP contribution is 2.09. The van der Waals surface area contributed by atoms with Crippen LogP contribution >= 0.6 is 0 Å². The van der Waals surface area contributed by atoms with Crippen molar-refractivity contribution in [3.63, 3.8) is 0 Å². The zero-order valence-corrected chi connectivity index (χ0v) is 11.3. The van der Waals surface area contributed by atoms with E-state index in [4.69, 9.17) is 0 Å². The molecule has 1 aromatic rings. The molecule has 0 radical (unpaired) electrons. The van der Waals surface area contributed by atoms with Gasteiger partial charge in [-0.05, 0) is 19.0 Å². The molecular formula is C13H20N4O2. The van der Waals surface area contributed by atoms with E-state index in [9.17, 15) is 9.90 Å². The van der Waals surface area contributed by atoms with Gasteiger partial charge in [0.2, 0.25) is 0 Å². The Morgan fingerprint density at radius 3 is 3.05 bits per heavy atom. The van der Waals surface area contributed by atoms with Gasteiger partial charge >= 0.3 is 0 Å². The lowest BCUT2D eigenvalue weighted by atomic mass is 10.0. The summed E-state index contributed by atoms with van der Waals surface area (Å²) in [6, 6.07) is 1.38. The number of nitrogens with zero attached hydrogens (tertiary/aromatic N) is 2. The third-order valence-corrected chi connectivity index (χ3v) is 3.19. The van der Waals surface area contributed by atoms with Crippen LogP contribution in [-0.4, -0.2) is 46.2 Å². The first kappa shape index (κ1) is 13.9. The molecule has 1 saturated heterocycles. The molecule has 0 aromatic carbocycles. The van der Waals surface area contributed by atoms with Crippen molar-refractivity contribution in [1.29, 1.82) is 0 Å². The molecule has 1 aliphatic rings. The number of nitrogens with one attached hydrogen (secondary N) is 2. The Labute approximate surface area is 112 Å². The van der Waals surface area contributed by atoms with Crippen molar-refractivity contribution in [3.8, 4) is 0 Å². The average Bonchev–Trinajstić information content (AvgIpc) is 2.41. The van der Waals surface area contributed by atoms with Crippen LogP contribution in [0.5, 0.6) is 0 Å². The van der Waals surface area contributed by atoms with Crippen LogP contribution in [0.2, 0.25) is 0 Å². The zero-order valence-electron chi connectivity index (χ0n) is 11.3. The smallest absolute Gasteiger partial charge is 0.270 e. The molecule has 0 saturated carbocycles. The molecule has 6 heteroatoms. The lowest BCUT2D eigenvalue weighted by Gasteiger charge is -2.28. The number of piperidine rings is 1. The highest BCUT2D eigenvalue weighted by Gasteiger charge is 2.25. The lowest BCUT2D eigenvalue weighted by molar-refractivity contribution is 0.0761. The van der Waals surface area contributed by atoms with Gasteiger partial charge in [0, 0.05) is 18.7 Å². The Kier molecular flexibility index (Phi) is 4.44. The average molecular weight is 264 g/mol. The van der Waals surface area contributed by atoms with E-state index in [1.807, 2.05) is 13.8 Å². The minimum Gasteiger partial charge on any atom is -0.390 e. The molecular weight excluding hydrogens is 244 g/mol. The Morgan fingerprint density at radius 2 is 2.37 bits per heavy atom. The zero-order chi connectivity index (χ0) is 13.8. The van der Waals surface area contributed by atoms with Crippen LogP contribution < -0.4 is 10.6 Å². The van der Waals surface area contributed by atoms with Gasteiger partial charge in [0.25, 0.3) is 5.91 Å². The Hall–Kier alpha value is -1.53. The fraction of sp³-hybridized carbons (Fsp3) is 0.615. The molecule has 19 heavy (non-hydrogen) atoms. The highest BCUT2D eigenvalue weighted by molar-refractivity contribution is 5.92. The maximum absolute atomic E-state index is 12.1. The first-order chi connectivity index (χ1) is 9.08. The molecule has 0 spiro atoms. The summed E-state index contributed by atoms with van der Waals surface area (Å²) in [4.78, 5) is 20.5. The molecule has 3 N–H and O–H groups in total. The van der Waals surface area contributed by atoms with Crippen LogP contribution in [0.15, 0.2) is 12.3 Å². The van der Waals surface area contributed by atoms with E-state index < -0.39 is 6.10 Å². The van der Waals surface area contributed by atoms with Crippen LogP contribution in [0.3, 0.4) is 0 Å². The Balaban J connectivity index is 2.05. The molecule has 1 aromatic heterocycles. The van der Waals surface area contributed by atoms with Crippen molar-refractivity contribution >= 4 is 5.91 Å². The van der Waals surface area contributed by atoms with E-state index in [1.54, 1.807) is 12.3 Å². The minimum atomic E-state index is -0.552. The maximum Gasteiger partial charge on any atom is 0.270 e. The largest absolute Gasteiger partial charge is 0.390 e. The predicted molar refractivity (Wildman–Crippen MR) is 70.9 cm³/mol. The van der Waals surface area contributed by atoms with Crippen LogP contribution in [0.25, 0.3) is 0 Å². The quantitative estimate of drug-likeness (QED) is 0.718. The SMILES string of the molecule is CC(C)c1nccc(C(=O)NC2CCNCC2O)n1. The number of aliphatic hydroxyl groups excluding tert-OH is 1. The van der Waals surface area contributed by atoms with Gasteiger partial charge in [0.1, 0.15) is 11.5 Å². The number of aromatic nitrogens is 2. The van der Waals surface area contributed by atoms with E-state index in [0.29, 0.717) is 18.1 Å². The number of carbonyl (C=O) groups excluding carboxylic acids is 1. The molecule has 1 aliphatic heterocycles. The second-order valence-corrected chi connectivity index (χ2v) is 5.09. The standard InChI is InChI=1S/C13H20N4O2/c1-8(2)12-15-6-4-10(16-12)13(19)17-9-3-5-14-7-11(9)18/h4,6,8-9,11,14,18H,3,5,7H2,1-2H3,(H,17,19). The molecule has 2 rings (SSSR count). The number of hydrogen-bond acceptors (Lipinski definition) is 5. The number of carbonyl (C=O) groups is 1. The second kappa shape index (κ2) is 6.08. The van der Waals surface area contributed by atoms with Crippen molar-refractivity contribution in [1.82, 2.24) is 20.6 Å². The van der Waals surface area contributed by atoms with E-state index in [1.165, 1.54) is 0 Å². The fourth-order valence-corrected chi connectivity index (χ4v) is 2.03. The predicted octanol–water partition coefficient (Wildman–Crippen LogP) is 0.0526. The van der Waals surface area contributed by atoms with Gasteiger partial charge in [-0.3, -0.25) is 4.79 Å². The molecule has 2 atom stereocenters. The minimum absolute atomic E-state index is 0.178. The summed E-state index contributed by atoms with van der Waals surface area (Å²) < 4.78 is 0. The van der Waals surface area contributed by atoms with Gasteiger partial charge in [-0.25, -0.2) is 9.97 Å². The van der Waals surface area contributed by atoms with Crippen LogP contribution in [0, 0.1) is 0 Å². The van der Waals surface area contributed by atoms with Gasteiger partial charge in [-0.15, -0.1) is 0 Å². The van der Waals surface area contributed by atoms with E-state index >= 15 is 0 Å². The third kappa shape index (κ3) is 3.48. The van der Waals surface area contributed by atoms with Gasteiger partial charge < -0.3 is 15.7 Å². The Morgan fingerprint density at radius 1 is 1.58 bits per heavy atom. The van der Waals surface area contributed by atoms with E-state index in [0.717, 1.165) is 13.0 Å². The van der Waals surface area contributed by atoms with Crippen LogP contribution in [-0.2, 0) is 0 Å². The third-order valence-electron chi connectivity index (χ3n) is 3.19. The molecule has 1 amide bonds. The normalized spacial score (nSPS) is 23.4. The van der Waals surface area contributed by atoms with Gasteiger partial charge in [0.15, 0.2) is 0 Å². The summed E-state index contributed by atoms with van der Waals surface area (Å²) in [5, 5.41) is 15.7. The number of aliphatic hydroxyl groups is 1. The number of amides is 1. The fourth-order valence-electron chi connectivity index (χ4n) is 2.03. The van der Waals surface area contributed by atoms with Crippen molar-refractivity contribution < 1.29 is 9.90 Å². The summed E-state index contributed by atoms with van der Waals surface area (Å²) in [5.74, 6) is 0.575. The maximum atomic E-state index is 12.1. The molecule has 1 fully saturated rings. The number of β-amino-alcohol motifs (C(OH)–C–C–N with tert-alkyl or cyclic N) is 1. The van der Waals surface area contributed by atoms with Gasteiger partial charge in [-0.2, -0.15) is 0 Å². The Bertz CT molecular complexity index is 450. The van der Waals surface area contributed by atoms with E-state index in [-0.39, 0.29) is 17.9 Å². The van der Waals surface area contributed by atoms with Crippen molar-refractivity contribution in [3.05, 3.63) is 23.8 Å². The molecule has 6 nitrogen and oxygen atoms in total. The summed E-state index contributed by atoms with van der Waals surface area (Å²) in [6.45, 7) is 5.26. The molecule has 2 unspecified atom stereocenters. The van der Waals surface area contributed by atoms with Crippen molar-refractivity contribution in [2.24, 2.45) is 0 Å². The second-order valence-electron chi connectivity index (χ2n) is 5.09. The molecule has 2 heterocycles.